The summed E-state index contributed by atoms with van der Waals surface area (Å²) in [6, 6.07) is 0. The van der Waals surface area contributed by atoms with E-state index < -0.39 is 11.4 Å². The zero-order valence-corrected chi connectivity index (χ0v) is 10.3. The maximum Gasteiger partial charge on any atom is 0.138 e. The van der Waals surface area contributed by atoms with Crippen molar-refractivity contribution in [2.24, 2.45) is 0 Å². The van der Waals surface area contributed by atoms with E-state index in [-0.39, 0.29) is 0 Å². The summed E-state index contributed by atoms with van der Waals surface area (Å²) >= 11 is -2.42. The summed E-state index contributed by atoms with van der Waals surface area (Å²) in [6.45, 7) is 2.21. The minimum atomic E-state index is -2.42. The molecule has 0 aromatic rings. The van der Waals surface area contributed by atoms with Gasteiger partial charge in [0.2, 0.25) is 0 Å². The highest BCUT2D eigenvalue weighted by atomic mass is 32.2. The van der Waals surface area contributed by atoms with Gasteiger partial charge in [-0.25, -0.2) is 4.21 Å². The average Bonchev–Trinajstić information content (AvgIpc) is 2.20. The second kappa shape index (κ2) is 11.7. The average molecular weight is 233 g/mol. The SMILES string of the molecule is CCCCCCCCCC=COS(=O)[O-]. The van der Waals surface area contributed by atoms with Crippen molar-refractivity contribution in [3.8, 4) is 0 Å². The summed E-state index contributed by atoms with van der Waals surface area (Å²) in [5.41, 5.74) is 0. The van der Waals surface area contributed by atoms with Gasteiger partial charge in [0.05, 0.1) is 6.26 Å². The predicted octanol–water partition coefficient (Wildman–Crippen LogP) is 3.45. The number of allylic oxidation sites excluding steroid dienone is 1. The van der Waals surface area contributed by atoms with E-state index in [2.05, 4.69) is 11.1 Å². The van der Waals surface area contributed by atoms with Crippen LogP contribution in [-0.4, -0.2) is 8.76 Å². The Morgan fingerprint density at radius 3 is 2.33 bits per heavy atom. The van der Waals surface area contributed by atoms with Gasteiger partial charge in [0, 0.05) is 0 Å². The summed E-state index contributed by atoms with van der Waals surface area (Å²) in [5.74, 6) is 0. The molecule has 1 unspecified atom stereocenters. The fraction of sp³-hybridized carbons (Fsp3) is 0.818. The molecule has 0 saturated carbocycles. The first-order valence-electron chi connectivity index (χ1n) is 5.68. The second-order valence-electron chi connectivity index (χ2n) is 3.58. The van der Waals surface area contributed by atoms with E-state index >= 15 is 0 Å². The van der Waals surface area contributed by atoms with Crippen LogP contribution in [0.2, 0.25) is 0 Å². The topological polar surface area (TPSA) is 49.4 Å². The minimum Gasteiger partial charge on any atom is -0.740 e. The third-order valence-corrected chi connectivity index (χ3v) is 2.47. The fourth-order valence-electron chi connectivity index (χ4n) is 1.37. The smallest absolute Gasteiger partial charge is 0.138 e. The first kappa shape index (κ1) is 14.6. The van der Waals surface area contributed by atoms with E-state index in [4.69, 9.17) is 0 Å². The van der Waals surface area contributed by atoms with Gasteiger partial charge < -0.3 is 8.74 Å². The molecule has 0 N–H and O–H groups in total. The highest BCUT2D eigenvalue weighted by Gasteiger charge is 1.89. The third-order valence-electron chi connectivity index (χ3n) is 2.20. The van der Waals surface area contributed by atoms with Crippen LogP contribution in [0.25, 0.3) is 0 Å². The molecule has 1 atom stereocenters. The van der Waals surface area contributed by atoms with Crippen LogP contribution in [0.15, 0.2) is 12.3 Å². The van der Waals surface area contributed by atoms with Crippen LogP contribution in [0, 0.1) is 0 Å². The van der Waals surface area contributed by atoms with Gasteiger partial charge in [0.1, 0.15) is 11.4 Å². The summed E-state index contributed by atoms with van der Waals surface area (Å²) in [4.78, 5) is 0. The monoisotopic (exact) mass is 233 g/mol. The van der Waals surface area contributed by atoms with Crippen LogP contribution in [0.1, 0.15) is 58.3 Å². The molecule has 0 fully saturated rings. The van der Waals surface area contributed by atoms with Gasteiger partial charge in [-0.05, 0) is 18.9 Å². The molecule has 0 aromatic carbocycles. The van der Waals surface area contributed by atoms with Crippen LogP contribution >= 0.6 is 0 Å². The molecule has 0 spiro atoms. The number of hydrogen-bond acceptors (Lipinski definition) is 3. The Bertz CT molecular complexity index is 181. The van der Waals surface area contributed by atoms with Gasteiger partial charge in [-0.2, -0.15) is 0 Å². The van der Waals surface area contributed by atoms with Crippen LogP contribution < -0.4 is 0 Å². The standard InChI is InChI=1S/C11H22O3S/c1-2-3-4-5-6-7-8-9-10-11-14-15(12)13/h10-11H,2-9H2,1H3,(H,12,13)/p-1. The van der Waals surface area contributed by atoms with Gasteiger partial charge >= 0.3 is 0 Å². The van der Waals surface area contributed by atoms with E-state index in [1.54, 1.807) is 6.08 Å². The van der Waals surface area contributed by atoms with Crippen molar-refractivity contribution >= 4 is 11.4 Å². The molecule has 0 aromatic heterocycles. The second-order valence-corrected chi connectivity index (χ2v) is 4.18. The molecule has 0 rings (SSSR count). The summed E-state index contributed by atoms with van der Waals surface area (Å²) < 4.78 is 24.2. The van der Waals surface area contributed by atoms with Crippen molar-refractivity contribution in [2.75, 3.05) is 0 Å². The molecular weight excluding hydrogens is 212 g/mol. The molecule has 0 saturated heterocycles. The highest BCUT2D eigenvalue weighted by Crippen LogP contribution is 2.08. The lowest BCUT2D eigenvalue weighted by Gasteiger charge is -2.01. The van der Waals surface area contributed by atoms with Gasteiger partial charge in [0.25, 0.3) is 0 Å². The molecule has 15 heavy (non-hydrogen) atoms. The van der Waals surface area contributed by atoms with Crippen molar-refractivity contribution in [3.63, 3.8) is 0 Å². The quantitative estimate of drug-likeness (QED) is 0.330. The zero-order valence-electron chi connectivity index (χ0n) is 9.44. The van der Waals surface area contributed by atoms with Crippen molar-refractivity contribution in [3.05, 3.63) is 12.3 Å². The molecule has 0 radical (unpaired) electrons. The van der Waals surface area contributed by atoms with Crippen molar-refractivity contribution in [2.45, 2.75) is 58.3 Å². The van der Waals surface area contributed by atoms with E-state index in [1.807, 2.05) is 0 Å². The number of hydrogen-bond donors (Lipinski definition) is 0. The van der Waals surface area contributed by atoms with Crippen LogP contribution in [0.5, 0.6) is 0 Å². The molecule has 4 heteroatoms. The third kappa shape index (κ3) is 13.7. The van der Waals surface area contributed by atoms with E-state index in [9.17, 15) is 8.76 Å². The highest BCUT2D eigenvalue weighted by molar-refractivity contribution is 7.74. The molecule has 0 amide bonds. The molecule has 0 heterocycles. The lowest BCUT2D eigenvalue weighted by molar-refractivity contribution is 0.404. The molecule has 0 aliphatic heterocycles. The Balaban J connectivity index is 3.04. The van der Waals surface area contributed by atoms with Crippen molar-refractivity contribution in [1.29, 1.82) is 0 Å². The fourth-order valence-corrected chi connectivity index (χ4v) is 1.54. The Morgan fingerprint density at radius 2 is 1.73 bits per heavy atom. The summed E-state index contributed by atoms with van der Waals surface area (Å²) in [7, 11) is 0. The van der Waals surface area contributed by atoms with Crippen LogP contribution in [0.4, 0.5) is 0 Å². The first-order valence-corrected chi connectivity index (χ1v) is 6.68. The normalized spacial score (nSPS) is 13.2. The van der Waals surface area contributed by atoms with Crippen LogP contribution in [-0.2, 0) is 15.5 Å². The number of unbranched alkanes of at least 4 members (excludes halogenated alkanes) is 7. The zero-order chi connectivity index (χ0) is 11.4. The van der Waals surface area contributed by atoms with Gasteiger partial charge in [-0.3, -0.25) is 0 Å². The molecule has 3 nitrogen and oxygen atoms in total. The van der Waals surface area contributed by atoms with E-state index in [0.717, 1.165) is 12.8 Å². The molecular formula is C11H21O3S-. The molecule has 0 aliphatic rings. The Hall–Kier alpha value is -0.350. The molecule has 0 aliphatic carbocycles. The number of rotatable bonds is 10. The van der Waals surface area contributed by atoms with Gasteiger partial charge in [-0.1, -0.05) is 45.4 Å². The predicted molar refractivity (Wildman–Crippen MR) is 61.8 cm³/mol. The Morgan fingerprint density at radius 1 is 1.13 bits per heavy atom. The minimum absolute atomic E-state index is 0.894. The van der Waals surface area contributed by atoms with Crippen LogP contribution in [0.3, 0.4) is 0 Å². The Kier molecular flexibility index (Phi) is 11.4. The van der Waals surface area contributed by atoms with Crippen molar-refractivity contribution in [1.82, 2.24) is 0 Å². The lowest BCUT2D eigenvalue weighted by atomic mass is 10.1. The van der Waals surface area contributed by atoms with Gasteiger partial charge in [-0.15, -0.1) is 0 Å². The van der Waals surface area contributed by atoms with Crippen molar-refractivity contribution < 1.29 is 12.9 Å². The molecule has 0 bridgehead atoms. The maximum atomic E-state index is 9.96. The maximum absolute atomic E-state index is 9.96. The lowest BCUT2D eigenvalue weighted by Crippen LogP contribution is -1.86. The van der Waals surface area contributed by atoms with E-state index in [1.165, 1.54) is 44.8 Å². The summed E-state index contributed by atoms with van der Waals surface area (Å²) in [5, 5.41) is 0. The first-order chi connectivity index (χ1) is 7.27. The Labute approximate surface area is 95.4 Å². The molecule has 90 valence electrons. The summed E-state index contributed by atoms with van der Waals surface area (Å²) in [6.07, 6.45) is 12.8. The van der Waals surface area contributed by atoms with E-state index in [0.29, 0.717) is 0 Å². The largest absolute Gasteiger partial charge is 0.740 e. The van der Waals surface area contributed by atoms with Gasteiger partial charge in [0.15, 0.2) is 0 Å².